The quantitative estimate of drug-likeness (QED) is 0.157. The van der Waals surface area contributed by atoms with Gasteiger partial charge in [0.2, 0.25) is 5.89 Å². The molecule has 0 spiro atoms. The van der Waals surface area contributed by atoms with Crippen LogP contribution in [-0.4, -0.2) is 10.2 Å². The summed E-state index contributed by atoms with van der Waals surface area (Å²) >= 11 is 1.58. The van der Waals surface area contributed by atoms with Crippen LogP contribution in [0.2, 0.25) is 0 Å². The summed E-state index contributed by atoms with van der Waals surface area (Å²) in [5.74, 6) is 1.04. The molecule has 8 rings (SSSR count). The van der Waals surface area contributed by atoms with Crippen LogP contribution in [0.1, 0.15) is 0 Å². The van der Waals surface area contributed by atoms with Crippen molar-refractivity contribution < 1.29 is 4.42 Å². The number of nitrogens with zero attached hydrogens (tertiary/aromatic N) is 4. The van der Waals surface area contributed by atoms with E-state index in [4.69, 9.17) is 4.42 Å². The van der Waals surface area contributed by atoms with Gasteiger partial charge in [-0.15, -0.1) is 21.5 Å². The SMILES string of the molecule is c1ccc(N(c2ccccc2)c2ccc(-c3ccc(N(c4ccccc4)c4ccc(-c5nnc(-c6cccs6)o5)cc4)cc3)cc2)cc1. The van der Waals surface area contributed by atoms with E-state index >= 15 is 0 Å². The van der Waals surface area contributed by atoms with Crippen LogP contribution >= 0.6 is 11.3 Å². The zero-order chi connectivity index (χ0) is 32.1. The number of anilines is 6. The summed E-state index contributed by atoms with van der Waals surface area (Å²) in [5.41, 5.74) is 9.69. The Morgan fingerprint density at radius 1 is 0.354 bits per heavy atom. The third-order valence-electron chi connectivity index (χ3n) is 8.16. The standard InChI is InChI=1S/C42H30N4OS/c1-4-11-34(12-5-1)45(35-13-6-2-7-14-35)37-24-18-31(19-25-37)32-20-26-38(27-21-32)46(36-15-8-3-9-16-36)39-28-22-33(23-29-39)41-43-44-42(47-41)40-17-10-30-48-40/h1-30H. The van der Waals surface area contributed by atoms with Gasteiger partial charge in [-0.05, 0) is 108 Å². The van der Waals surface area contributed by atoms with Crippen LogP contribution in [-0.2, 0) is 0 Å². The van der Waals surface area contributed by atoms with Gasteiger partial charge < -0.3 is 14.2 Å². The molecule has 0 aliphatic rings. The molecular weight excluding hydrogens is 609 g/mol. The lowest BCUT2D eigenvalue weighted by atomic mass is 10.0. The lowest BCUT2D eigenvalue weighted by Crippen LogP contribution is -2.09. The zero-order valence-electron chi connectivity index (χ0n) is 25.9. The highest BCUT2D eigenvalue weighted by molar-refractivity contribution is 7.13. The minimum atomic E-state index is 0.502. The second kappa shape index (κ2) is 13.2. The first-order valence-electron chi connectivity index (χ1n) is 15.7. The maximum absolute atomic E-state index is 5.98. The fraction of sp³-hybridized carbons (Fsp3) is 0. The van der Waals surface area contributed by atoms with E-state index in [0.717, 1.165) is 55.7 Å². The molecule has 0 aliphatic carbocycles. The molecule has 0 N–H and O–H groups in total. The van der Waals surface area contributed by atoms with Crippen molar-refractivity contribution in [2.45, 2.75) is 0 Å². The number of aromatic nitrogens is 2. The summed E-state index contributed by atoms with van der Waals surface area (Å²) in [6.45, 7) is 0. The molecule has 0 saturated carbocycles. The first-order valence-corrected chi connectivity index (χ1v) is 16.6. The summed E-state index contributed by atoms with van der Waals surface area (Å²) in [5, 5.41) is 10.5. The molecule has 0 atom stereocenters. The van der Waals surface area contributed by atoms with E-state index in [2.05, 4.69) is 153 Å². The first-order chi connectivity index (χ1) is 23.8. The number of benzene rings is 6. The minimum Gasteiger partial charge on any atom is -0.415 e. The van der Waals surface area contributed by atoms with Gasteiger partial charge in [-0.2, -0.15) is 0 Å². The van der Waals surface area contributed by atoms with E-state index in [1.165, 1.54) is 0 Å². The summed E-state index contributed by atoms with van der Waals surface area (Å²) in [6.07, 6.45) is 0. The van der Waals surface area contributed by atoms with Gasteiger partial charge in [0.25, 0.3) is 5.89 Å². The normalized spacial score (nSPS) is 10.9. The van der Waals surface area contributed by atoms with E-state index in [9.17, 15) is 0 Å². The van der Waals surface area contributed by atoms with Crippen LogP contribution in [0.25, 0.3) is 33.3 Å². The molecule has 0 amide bonds. The predicted octanol–water partition coefficient (Wildman–Crippen LogP) is 12.1. The minimum absolute atomic E-state index is 0.502. The summed E-state index contributed by atoms with van der Waals surface area (Å²) in [7, 11) is 0. The molecule has 0 bridgehead atoms. The van der Waals surface area contributed by atoms with Gasteiger partial charge in [0.05, 0.1) is 4.88 Å². The Balaban J connectivity index is 1.07. The number of rotatable bonds is 9. The van der Waals surface area contributed by atoms with Crippen molar-refractivity contribution >= 4 is 45.5 Å². The van der Waals surface area contributed by atoms with Crippen molar-refractivity contribution in [3.63, 3.8) is 0 Å². The average Bonchev–Trinajstić information content (AvgIpc) is 3.88. The summed E-state index contributed by atoms with van der Waals surface area (Å²) in [4.78, 5) is 5.48. The van der Waals surface area contributed by atoms with Gasteiger partial charge in [0.1, 0.15) is 0 Å². The van der Waals surface area contributed by atoms with Gasteiger partial charge in [-0.3, -0.25) is 0 Å². The zero-order valence-corrected chi connectivity index (χ0v) is 26.7. The molecule has 0 radical (unpaired) electrons. The lowest BCUT2D eigenvalue weighted by Gasteiger charge is -2.26. The van der Waals surface area contributed by atoms with E-state index in [-0.39, 0.29) is 0 Å². The third-order valence-corrected chi connectivity index (χ3v) is 9.01. The molecule has 0 unspecified atom stereocenters. The fourth-order valence-electron chi connectivity index (χ4n) is 5.82. The molecule has 8 aromatic rings. The average molecular weight is 639 g/mol. The largest absolute Gasteiger partial charge is 0.415 e. The molecule has 2 aromatic heterocycles. The number of hydrogen-bond donors (Lipinski definition) is 0. The second-order valence-electron chi connectivity index (χ2n) is 11.2. The Labute approximate surface area is 283 Å². The molecule has 6 aromatic carbocycles. The molecule has 5 nitrogen and oxygen atoms in total. The van der Waals surface area contributed by atoms with E-state index in [1.807, 2.05) is 47.8 Å². The second-order valence-corrected chi connectivity index (χ2v) is 12.2. The third kappa shape index (κ3) is 6.00. The molecule has 2 heterocycles. The van der Waals surface area contributed by atoms with Crippen molar-refractivity contribution in [1.29, 1.82) is 0 Å². The Bertz CT molecular complexity index is 2160. The Hall–Kier alpha value is -6.24. The Kier molecular flexibility index (Phi) is 8.05. The number of para-hydroxylation sites is 3. The van der Waals surface area contributed by atoms with Crippen LogP contribution in [0, 0.1) is 0 Å². The van der Waals surface area contributed by atoms with Gasteiger partial charge in [0.15, 0.2) is 0 Å². The van der Waals surface area contributed by atoms with E-state index in [0.29, 0.717) is 11.8 Å². The molecule has 0 saturated heterocycles. The van der Waals surface area contributed by atoms with Crippen LogP contribution in [0.5, 0.6) is 0 Å². The van der Waals surface area contributed by atoms with Crippen LogP contribution in [0.15, 0.2) is 186 Å². The maximum atomic E-state index is 5.98. The van der Waals surface area contributed by atoms with Crippen molar-refractivity contribution in [2.24, 2.45) is 0 Å². The van der Waals surface area contributed by atoms with E-state index < -0.39 is 0 Å². The van der Waals surface area contributed by atoms with Gasteiger partial charge >= 0.3 is 0 Å². The Morgan fingerprint density at radius 2 is 0.729 bits per heavy atom. The van der Waals surface area contributed by atoms with Gasteiger partial charge in [0, 0.05) is 39.7 Å². The number of hydrogen-bond acceptors (Lipinski definition) is 6. The van der Waals surface area contributed by atoms with Crippen LogP contribution in [0.4, 0.5) is 34.1 Å². The predicted molar refractivity (Wildman–Crippen MR) is 198 cm³/mol. The molecule has 230 valence electrons. The van der Waals surface area contributed by atoms with Crippen molar-refractivity contribution in [1.82, 2.24) is 10.2 Å². The molecule has 6 heteroatoms. The topological polar surface area (TPSA) is 45.4 Å². The first kappa shape index (κ1) is 29.2. The van der Waals surface area contributed by atoms with Crippen molar-refractivity contribution in [3.05, 3.63) is 181 Å². The molecule has 0 fully saturated rings. The monoisotopic (exact) mass is 638 g/mol. The van der Waals surface area contributed by atoms with Gasteiger partial charge in [-0.1, -0.05) is 84.9 Å². The van der Waals surface area contributed by atoms with E-state index in [1.54, 1.807) is 11.3 Å². The molecular formula is C42H30N4OS. The highest BCUT2D eigenvalue weighted by atomic mass is 32.1. The van der Waals surface area contributed by atoms with Crippen LogP contribution in [0.3, 0.4) is 0 Å². The lowest BCUT2D eigenvalue weighted by molar-refractivity contribution is 0.586. The highest BCUT2D eigenvalue weighted by Gasteiger charge is 2.16. The molecule has 0 aliphatic heterocycles. The van der Waals surface area contributed by atoms with Crippen molar-refractivity contribution in [3.8, 4) is 33.3 Å². The van der Waals surface area contributed by atoms with Gasteiger partial charge in [-0.25, -0.2) is 0 Å². The fourth-order valence-corrected chi connectivity index (χ4v) is 6.47. The Morgan fingerprint density at radius 3 is 1.12 bits per heavy atom. The number of thiophene rings is 1. The smallest absolute Gasteiger partial charge is 0.258 e. The summed E-state index contributed by atoms with van der Waals surface area (Å²) in [6, 6.07) is 61.0. The van der Waals surface area contributed by atoms with Crippen molar-refractivity contribution in [2.75, 3.05) is 9.80 Å². The highest BCUT2D eigenvalue weighted by Crippen LogP contribution is 2.38. The van der Waals surface area contributed by atoms with Crippen LogP contribution < -0.4 is 9.80 Å². The maximum Gasteiger partial charge on any atom is 0.258 e. The summed E-state index contributed by atoms with van der Waals surface area (Å²) < 4.78 is 5.98. The molecule has 48 heavy (non-hydrogen) atoms.